The highest BCUT2D eigenvalue weighted by Crippen LogP contribution is 2.22. The van der Waals surface area contributed by atoms with Gasteiger partial charge in [0, 0.05) is 12.8 Å². The molecule has 1 aliphatic heterocycles. The van der Waals surface area contributed by atoms with Crippen LogP contribution in [0.1, 0.15) is 26.2 Å². The van der Waals surface area contributed by atoms with Gasteiger partial charge in [0.25, 0.3) is 0 Å². The highest BCUT2D eigenvalue weighted by molar-refractivity contribution is 7.90. The van der Waals surface area contributed by atoms with E-state index in [1.54, 1.807) is 0 Å². The summed E-state index contributed by atoms with van der Waals surface area (Å²) in [5.74, 6) is -0.0745. The van der Waals surface area contributed by atoms with Gasteiger partial charge in [-0.3, -0.25) is 4.79 Å². The van der Waals surface area contributed by atoms with Gasteiger partial charge in [-0.05, 0) is 25.8 Å². The van der Waals surface area contributed by atoms with Crippen LogP contribution in [0.3, 0.4) is 0 Å². The maximum Gasteiger partial charge on any atom is 0.240 e. The van der Waals surface area contributed by atoms with E-state index in [1.807, 2.05) is 6.92 Å². The van der Waals surface area contributed by atoms with Crippen LogP contribution in [0.2, 0.25) is 0 Å². The smallest absolute Gasteiger partial charge is 0.240 e. The largest absolute Gasteiger partial charge is 0.353 e. The molecule has 0 aliphatic carbocycles. The molecule has 1 rings (SSSR count). The van der Waals surface area contributed by atoms with E-state index < -0.39 is 15.4 Å². The number of hydrogen-bond donors (Lipinski definition) is 2. The molecule has 1 unspecified atom stereocenters. The fourth-order valence-electron chi connectivity index (χ4n) is 1.98. The minimum atomic E-state index is -3.00. The fraction of sp³-hybridized carbons (Fsp3) is 0.900. The standard InChI is InChI=1S/C10H20N2O3S/c1-3-10(5-4-6-12-10)9(13)11-7-8-16(2,14)15/h12H,3-8H2,1-2H3,(H,11,13). The van der Waals surface area contributed by atoms with Crippen molar-refractivity contribution in [2.45, 2.75) is 31.7 Å². The second kappa shape index (κ2) is 5.14. The van der Waals surface area contributed by atoms with Gasteiger partial charge in [0.15, 0.2) is 0 Å². The van der Waals surface area contributed by atoms with Crippen molar-refractivity contribution < 1.29 is 13.2 Å². The molecule has 1 amide bonds. The van der Waals surface area contributed by atoms with E-state index in [1.165, 1.54) is 6.26 Å². The van der Waals surface area contributed by atoms with E-state index in [4.69, 9.17) is 0 Å². The number of sulfone groups is 1. The van der Waals surface area contributed by atoms with Crippen LogP contribution in [0.4, 0.5) is 0 Å². The predicted molar refractivity (Wildman–Crippen MR) is 63.0 cm³/mol. The van der Waals surface area contributed by atoms with Gasteiger partial charge in [-0.25, -0.2) is 8.42 Å². The van der Waals surface area contributed by atoms with Crippen molar-refractivity contribution in [3.8, 4) is 0 Å². The molecule has 0 radical (unpaired) electrons. The Labute approximate surface area is 96.9 Å². The van der Waals surface area contributed by atoms with Crippen molar-refractivity contribution in [1.29, 1.82) is 0 Å². The van der Waals surface area contributed by atoms with E-state index in [0.29, 0.717) is 0 Å². The topological polar surface area (TPSA) is 75.3 Å². The van der Waals surface area contributed by atoms with Crippen molar-refractivity contribution in [2.24, 2.45) is 0 Å². The second-order valence-electron chi connectivity index (χ2n) is 4.35. The lowest BCUT2D eigenvalue weighted by Crippen LogP contribution is -2.53. The van der Waals surface area contributed by atoms with Gasteiger partial charge in [0.05, 0.1) is 11.3 Å². The SMILES string of the molecule is CCC1(C(=O)NCCS(C)(=O)=O)CCCN1. The molecule has 1 saturated heterocycles. The van der Waals surface area contributed by atoms with E-state index in [0.717, 1.165) is 25.8 Å². The van der Waals surface area contributed by atoms with Crippen LogP contribution in [-0.2, 0) is 14.6 Å². The van der Waals surface area contributed by atoms with Crippen LogP contribution in [0.25, 0.3) is 0 Å². The van der Waals surface area contributed by atoms with Crippen LogP contribution in [0, 0.1) is 0 Å². The lowest BCUT2D eigenvalue weighted by atomic mass is 9.93. The predicted octanol–water partition coefficient (Wildman–Crippen LogP) is -0.321. The summed E-state index contributed by atoms with van der Waals surface area (Å²) in [4.78, 5) is 11.9. The number of carbonyl (C=O) groups excluding carboxylic acids is 1. The zero-order valence-electron chi connectivity index (χ0n) is 9.88. The highest BCUT2D eigenvalue weighted by atomic mass is 32.2. The summed E-state index contributed by atoms with van der Waals surface area (Å²) >= 11 is 0. The van der Waals surface area contributed by atoms with Gasteiger partial charge < -0.3 is 10.6 Å². The molecule has 5 nitrogen and oxygen atoms in total. The molecule has 16 heavy (non-hydrogen) atoms. The summed E-state index contributed by atoms with van der Waals surface area (Å²) in [6, 6.07) is 0. The normalized spacial score (nSPS) is 25.6. The molecule has 94 valence electrons. The molecule has 1 aliphatic rings. The summed E-state index contributed by atoms with van der Waals surface area (Å²) in [6.45, 7) is 3.02. The van der Waals surface area contributed by atoms with Gasteiger partial charge >= 0.3 is 0 Å². The molecule has 0 bridgehead atoms. The molecule has 0 saturated carbocycles. The quantitative estimate of drug-likeness (QED) is 0.699. The minimum Gasteiger partial charge on any atom is -0.353 e. The zero-order valence-corrected chi connectivity index (χ0v) is 10.7. The molecular formula is C10H20N2O3S. The first-order valence-corrected chi connectivity index (χ1v) is 7.67. The first-order chi connectivity index (χ1) is 7.40. The van der Waals surface area contributed by atoms with Gasteiger partial charge in [-0.1, -0.05) is 6.92 Å². The van der Waals surface area contributed by atoms with Crippen molar-refractivity contribution in [2.75, 3.05) is 25.1 Å². The van der Waals surface area contributed by atoms with Crippen molar-refractivity contribution >= 4 is 15.7 Å². The Bertz CT molecular complexity index is 345. The van der Waals surface area contributed by atoms with Crippen LogP contribution >= 0.6 is 0 Å². The number of hydrogen-bond acceptors (Lipinski definition) is 4. The zero-order chi connectivity index (χ0) is 12.2. The average Bonchev–Trinajstić information content (AvgIpc) is 2.65. The van der Waals surface area contributed by atoms with Crippen LogP contribution in [-0.4, -0.2) is 45.0 Å². The number of rotatable bonds is 5. The third kappa shape index (κ3) is 3.45. The molecule has 1 heterocycles. The fourth-order valence-corrected chi connectivity index (χ4v) is 2.45. The molecule has 0 spiro atoms. The minimum absolute atomic E-state index is 0.00145. The molecular weight excluding hydrogens is 228 g/mol. The maximum absolute atomic E-state index is 11.9. The number of amides is 1. The molecule has 0 aromatic rings. The lowest BCUT2D eigenvalue weighted by molar-refractivity contribution is -0.127. The molecule has 6 heteroatoms. The summed E-state index contributed by atoms with van der Waals surface area (Å²) in [5.41, 5.74) is -0.475. The Morgan fingerprint density at radius 2 is 2.19 bits per heavy atom. The molecule has 2 N–H and O–H groups in total. The van der Waals surface area contributed by atoms with Gasteiger partial charge in [-0.15, -0.1) is 0 Å². The molecule has 1 atom stereocenters. The molecule has 0 aromatic carbocycles. The number of carbonyl (C=O) groups is 1. The second-order valence-corrected chi connectivity index (χ2v) is 6.61. The lowest BCUT2D eigenvalue weighted by Gasteiger charge is -2.26. The van der Waals surface area contributed by atoms with Crippen LogP contribution in [0.15, 0.2) is 0 Å². The van der Waals surface area contributed by atoms with Gasteiger partial charge in [0.1, 0.15) is 9.84 Å². The maximum atomic E-state index is 11.9. The van der Waals surface area contributed by atoms with Crippen LogP contribution in [0.5, 0.6) is 0 Å². The van der Waals surface area contributed by atoms with Gasteiger partial charge in [0.2, 0.25) is 5.91 Å². The first-order valence-electron chi connectivity index (χ1n) is 5.61. The monoisotopic (exact) mass is 248 g/mol. The summed E-state index contributed by atoms with van der Waals surface area (Å²) in [6.07, 6.45) is 3.72. The summed E-state index contributed by atoms with van der Waals surface area (Å²) in [7, 11) is -3.00. The molecule has 1 fully saturated rings. The van der Waals surface area contributed by atoms with Crippen molar-refractivity contribution in [3.05, 3.63) is 0 Å². The van der Waals surface area contributed by atoms with Crippen molar-refractivity contribution in [1.82, 2.24) is 10.6 Å². The van der Waals surface area contributed by atoms with E-state index in [-0.39, 0.29) is 18.2 Å². The van der Waals surface area contributed by atoms with E-state index in [9.17, 15) is 13.2 Å². The summed E-state index contributed by atoms with van der Waals surface area (Å²) < 4.78 is 21.8. The Balaban J connectivity index is 2.45. The highest BCUT2D eigenvalue weighted by Gasteiger charge is 2.38. The Morgan fingerprint density at radius 1 is 1.50 bits per heavy atom. The summed E-state index contributed by atoms with van der Waals surface area (Å²) in [5, 5.41) is 5.90. The first kappa shape index (κ1) is 13.4. The Hall–Kier alpha value is -0.620. The molecule has 0 aromatic heterocycles. The third-order valence-electron chi connectivity index (χ3n) is 3.04. The Morgan fingerprint density at radius 3 is 2.62 bits per heavy atom. The van der Waals surface area contributed by atoms with Crippen molar-refractivity contribution in [3.63, 3.8) is 0 Å². The third-order valence-corrected chi connectivity index (χ3v) is 3.99. The van der Waals surface area contributed by atoms with E-state index >= 15 is 0 Å². The van der Waals surface area contributed by atoms with Gasteiger partial charge in [-0.2, -0.15) is 0 Å². The average molecular weight is 248 g/mol. The van der Waals surface area contributed by atoms with Crippen LogP contribution < -0.4 is 10.6 Å². The number of nitrogens with one attached hydrogen (secondary N) is 2. The van der Waals surface area contributed by atoms with E-state index in [2.05, 4.69) is 10.6 Å². The Kier molecular flexibility index (Phi) is 4.32.